The van der Waals surface area contributed by atoms with Gasteiger partial charge < -0.3 is 40.1 Å². The Bertz CT molecular complexity index is 2010. The molecule has 0 amide bonds. The first-order valence-electron chi connectivity index (χ1n) is 16.1. The van der Waals surface area contributed by atoms with Gasteiger partial charge in [-0.1, -0.05) is 30.0 Å². The van der Waals surface area contributed by atoms with Gasteiger partial charge in [0.1, 0.15) is 29.5 Å². The van der Waals surface area contributed by atoms with Gasteiger partial charge in [-0.05, 0) is 67.3 Å². The number of phenolic OH excluding ortho intramolecular Hbond substituents is 3. The van der Waals surface area contributed by atoms with E-state index in [-0.39, 0.29) is 54.9 Å². The van der Waals surface area contributed by atoms with Crippen LogP contribution in [0.25, 0.3) is 32.7 Å². The molecule has 5 N–H and O–H groups in total. The molecule has 0 aliphatic heterocycles. The van der Waals surface area contributed by atoms with Gasteiger partial charge in [0, 0.05) is 37.6 Å². The molecule has 6 atom stereocenters. The van der Waals surface area contributed by atoms with Crippen LogP contribution in [0.15, 0.2) is 36.4 Å². The SMILES string of the molecule is CC(=O)O[C@H](C)[C@@H]1c2cc3ccc(-c4ccc5cc6c(c(O)c5c4O)C(=O)C[C@](C)(O)[C@@H]6[C@@H](C)OC(C)=O)c([O-])c3c(O)c2C(=O)C[C@]1(C)O. The lowest BCUT2D eigenvalue weighted by atomic mass is 9.69. The van der Waals surface area contributed by atoms with Gasteiger partial charge in [0.25, 0.3) is 0 Å². The number of rotatable bonds is 5. The summed E-state index contributed by atoms with van der Waals surface area (Å²) in [5, 5.41) is 71.2. The Morgan fingerprint density at radius 1 is 0.720 bits per heavy atom. The van der Waals surface area contributed by atoms with Crippen LogP contribution in [0.2, 0.25) is 0 Å². The Kier molecular flexibility index (Phi) is 8.11. The zero-order valence-corrected chi connectivity index (χ0v) is 28.3. The molecule has 262 valence electrons. The van der Waals surface area contributed by atoms with E-state index in [9.17, 15) is 49.8 Å². The molecule has 4 aromatic rings. The van der Waals surface area contributed by atoms with Crippen molar-refractivity contribution in [2.24, 2.45) is 0 Å². The maximum absolute atomic E-state index is 14.1. The minimum atomic E-state index is -1.63. The van der Waals surface area contributed by atoms with Crippen LogP contribution in [0, 0.1) is 0 Å². The van der Waals surface area contributed by atoms with E-state index in [0.29, 0.717) is 0 Å². The van der Waals surface area contributed by atoms with Crippen molar-refractivity contribution >= 4 is 45.0 Å². The molecule has 0 saturated carbocycles. The maximum atomic E-state index is 14.1. The van der Waals surface area contributed by atoms with E-state index in [0.717, 1.165) is 0 Å². The highest BCUT2D eigenvalue weighted by molar-refractivity contribution is 6.13. The van der Waals surface area contributed by atoms with Gasteiger partial charge in [-0.15, -0.1) is 0 Å². The molecule has 0 bridgehead atoms. The van der Waals surface area contributed by atoms with Crippen molar-refractivity contribution in [1.82, 2.24) is 0 Å². The van der Waals surface area contributed by atoms with Gasteiger partial charge in [-0.2, -0.15) is 0 Å². The van der Waals surface area contributed by atoms with Crippen molar-refractivity contribution in [1.29, 1.82) is 0 Å². The second kappa shape index (κ2) is 11.7. The van der Waals surface area contributed by atoms with E-state index in [4.69, 9.17) is 9.47 Å². The Morgan fingerprint density at radius 2 is 1.12 bits per heavy atom. The molecule has 12 heteroatoms. The molecule has 6 rings (SSSR count). The number of hydrogen-bond donors (Lipinski definition) is 5. The fourth-order valence-electron chi connectivity index (χ4n) is 8.34. The number of fused-ring (bicyclic) bond motifs is 4. The largest absolute Gasteiger partial charge is 0.872 e. The number of ether oxygens (including phenoxy) is 2. The lowest BCUT2D eigenvalue weighted by Gasteiger charge is -2.41. The molecule has 50 heavy (non-hydrogen) atoms. The van der Waals surface area contributed by atoms with E-state index in [1.54, 1.807) is 13.8 Å². The van der Waals surface area contributed by atoms with Crippen LogP contribution in [-0.4, -0.2) is 72.4 Å². The molecule has 0 spiro atoms. The topological polar surface area (TPSA) is 211 Å². The van der Waals surface area contributed by atoms with Crippen molar-refractivity contribution < 1.29 is 59.3 Å². The minimum Gasteiger partial charge on any atom is -0.872 e. The zero-order valence-electron chi connectivity index (χ0n) is 28.3. The molecule has 0 unspecified atom stereocenters. The monoisotopic (exact) mass is 685 g/mol. The summed E-state index contributed by atoms with van der Waals surface area (Å²) in [5.74, 6) is -6.70. The van der Waals surface area contributed by atoms with E-state index < -0.39 is 94.6 Å². The lowest BCUT2D eigenvalue weighted by Crippen LogP contribution is -2.46. The summed E-state index contributed by atoms with van der Waals surface area (Å²) in [5.41, 5.74) is -3.27. The van der Waals surface area contributed by atoms with E-state index >= 15 is 0 Å². The van der Waals surface area contributed by atoms with Crippen molar-refractivity contribution in [2.45, 2.75) is 89.6 Å². The van der Waals surface area contributed by atoms with Gasteiger partial charge in [0.2, 0.25) is 0 Å². The summed E-state index contributed by atoms with van der Waals surface area (Å²) in [4.78, 5) is 50.1. The Morgan fingerprint density at radius 3 is 1.56 bits per heavy atom. The van der Waals surface area contributed by atoms with Crippen molar-refractivity contribution in [2.75, 3.05) is 0 Å². The maximum Gasteiger partial charge on any atom is 0.302 e. The molecule has 2 aliphatic rings. The second-order valence-electron chi connectivity index (χ2n) is 14.0. The fourth-order valence-corrected chi connectivity index (χ4v) is 8.34. The number of benzene rings is 4. The number of phenols is 3. The van der Waals surface area contributed by atoms with Crippen LogP contribution >= 0.6 is 0 Å². The molecule has 4 aromatic carbocycles. The van der Waals surface area contributed by atoms with Crippen LogP contribution < -0.4 is 5.11 Å². The smallest absolute Gasteiger partial charge is 0.302 e. The molecule has 12 nitrogen and oxygen atoms in total. The Balaban J connectivity index is 1.54. The lowest BCUT2D eigenvalue weighted by molar-refractivity contribution is -0.264. The first-order valence-corrected chi connectivity index (χ1v) is 16.1. The molecular weight excluding hydrogens is 648 g/mol. The minimum absolute atomic E-state index is 0.0347. The van der Waals surface area contributed by atoms with E-state index in [1.165, 1.54) is 64.1 Å². The average molecular weight is 686 g/mol. The van der Waals surface area contributed by atoms with Gasteiger partial charge in [-0.3, -0.25) is 19.2 Å². The zero-order chi connectivity index (χ0) is 36.8. The fraction of sp³-hybridized carbons (Fsp3) is 0.368. The van der Waals surface area contributed by atoms with Crippen molar-refractivity contribution in [3.05, 3.63) is 58.7 Å². The molecule has 0 aromatic heterocycles. The summed E-state index contributed by atoms with van der Waals surface area (Å²) in [6.07, 6.45) is -2.57. The highest BCUT2D eigenvalue weighted by atomic mass is 16.5. The molecule has 2 aliphatic carbocycles. The van der Waals surface area contributed by atoms with E-state index in [1.807, 2.05) is 0 Å². The third-order valence-electron chi connectivity index (χ3n) is 10.1. The first-order chi connectivity index (χ1) is 23.3. The number of carbonyl (C=O) groups excluding carboxylic acids is 4. The van der Waals surface area contributed by atoms with Gasteiger partial charge in [0.15, 0.2) is 11.6 Å². The number of carbonyl (C=O) groups is 4. The third-order valence-corrected chi connectivity index (χ3v) is 10.1. The number of ketones is 2. The summed E-state index contributed by atoms with van der Waals surface area (Å²) in [7, 11) is 0. The second-order valence-corrected chi connectivity index (χ2v) is 14.0. The van der Waals surface area contributed by atoms with Crippen LogP contribution in [-0.2, 0) is 19.1 Å². The number of Topliss-reactive ketones (excluding diaryl/α,β-unsaturated/α-hetero) is 2. The molecule has 0 heterocycles. The third kappa shape index (κ3) is 5.30. The quantitative estimate of drug-likeness (QED) is 0.183. The molecule has 0 fully saturated rings. The summed E-state index contributed by atoms with van der Waals surface area (Å²) >= 11 is 0. The molecular formula is C38H37O12-. The predicted octanol–water partition coefficient (Wildman–Crippen LogP) is 4.60. The normalized spacial score (nSPS) is 24.4. The van der Waals surface area contributed by atoms with Gasteiger partial charge in [0.05, 0.1) is 39.6 Å². The van der Waals surface area contributed by atoms with Crippen LogP contribution in [0.4, 0.5) is 0 Å². The Labute approximate surface area is 286 Å². The standard InChI is InChI=1S/C38H38O12/c1-15(49-17(3)39)31-23-11-19-7-9-21(33(43)27(19)35(45)29(23)25(41)13-37(31,5)47)22-10-8-20-12-24-30(36(46)28(20)34(22)44)26(42)14-38(6,48)32(24)16(2)50-18(4)40/h7-12,15-16,31-32,43-48H,13-14H2,1-6H3/p-1/t15-,16-,31-,32-,37+,38+/m1/s1. The summed E-state index contributed by atoms with van der Waals surface area (Å²) in [6, 6.07) is 8.85. The van der Waals surface area contributed by atoms with Crippen LogP contribution in [0.1, 0.15) is 98.1 Å². The number of esters is 2. The number of hydrogen-bond acceptors (Lipinski definition) is 12. The highest BCUT2D eigenvalue weighted by Crippen LogP contribution is 2.53. The summed E-state index contributed by atoms with van der Waals surface area (Å²) in [6.45, 7) is 8.45. The van der Waals surface area contributed by atoms with Gasteiger partial charge >= 0.3 is 11.9 Å². The van der Waals surface area contributed by atoms with Crippen molar-refractivity contribution in [3.8, 4) is 34.1 Å². The molecule has 0 radical (unpaired) electrons. The predicted molar refractivity (Wildman–Crippen MR) is 178 cm³/mol. The Hall–Kier alpha value is -5.20. The number of aliphatic hydroxyl groups is 2. The van der Waals surface area contributed by atoms with Crippen LogP contribution in [0.3, 0.4) is 0 Å². The first kappa shape index (κ1) is 34.7. The average Bonchev–Trinajstić information content (AvgIpc) is 2.95. The number of aromatic hydroxyl groups is 3. The van der Waals surface area contributed by atoms with Crippen LogP contribution in [0.5, 0.6) is 23.0 Å². The van der Waals surface area contributed by atoms with E-state index in [2.05, 4.69) is 0 Å². The summed E-state index contributed by atoms with van der Waals surface area (Å²) < 4.78 is 10.7. The van der Waals surface area contributed by atoms with Crippen molar-refractivity contribution in [3.63, 3.8) is 0 Å². The molecule has 0 saturated heterocycles. The highest BCUT2D eigenvalue weighted by Gasteiger charge is 2.48. The van der Waals surface area contributed by atoms with Gasteiger partial charge in [-0.25, -0.2) is 0 Å².